The van der Waals surface area contributed by atoms with Crippen molar-refractivity contribution in [1.82, 2.24) is 19.5 Å². The molecule has 2 heterocycles. The number of likely N-dealkylation sites (tertiary alicyclic amines) is 1. The Morgan fingerprint density at radius 3 is 2.48 bits per heavy atom. The van der Waals surface area contributed by atoms with E-state index in [2.05, 4.69) is 41.4 Å². The minimum absolute atomic E-state index is 0.0434. The van der Waals surface area contributed by atoms with Crippen LogP contribution >= 0.6 is 11.5 Å². The molecule has 0 spiro atoms. The molecule has 0 bridgehead atoms. The van der Waals surface area contributed by atoms with Crippen LogP contribution in [0.15, 0.2) is 24.3 Å². The monoisotopic (exact) mass is 416 g/mol. The standard InChI is InChI=1S/C14H18N2S.C9H18N2O/c1-2-16-9-7-11(8-10-16)14-12-5-3-4-6-13(12)17-15-14;1-11(2)9(12)10-8-6-4-3-5-7-8/h3-6,11H,2,7-10H2,1H3;8H,3-7H2,1-2H3,(H,10,12). The molecule has 1 saturated heterocycles. The number of rotatable bonds is 3. The quantitative estimate of drug-likeness (QED) is 0.758. The number of hydrogen-bond acceptors (Lipinski definition) is 4. The normalized spacial score (nSPS) is 18.9. The summed E-state index contributed by atoms with van der Waals surface area (Å²) in [6.07, 6.45) is 8.69. The number of urea groups is 1. The molecule has 5 nitrogen and oxygen atoms in total. The molecule has 1 aromatic heterocycles. The Bertz CT molecular complexity index is 761. The number of nitrogens with one attached hydrogen (secondary N) is 1. The second-order valence-electron chi connectivity index (χ2n) is 8.45. The molecule has 0 radical (unpaired) electrons. The van der Waals surface area contributed by atoms with Crippen molar-refractivity contribution in [3.63, 3.8) is 0 Å². The lowest BCUT2D eigenvalue weighted by Gasteiger charge is -2.30. The van der Waals surface area contributed by atoms with E-state index in [4.69, 9.17) is 4.37 Å². The van der Waals surface area contributed by atoms with Gasteiger partial charge < -0.3 is 15.1 Å². The first-order chi connectivity index (χ1) is 14.1. The van der Waals surface area contributed by atoms with Gasteiger partial charge in [-0.3, -0.25) is 0 Å². The Morgan fingerprint density at radius 1 is 1.14 bits per heavy atom. The van der Waals surface area contributed by atoms with E-state index in [1.165, 1.54) is 67.5 Å². The fraction of sp³-hybridized carbons (Fsp3) is 0.652. The van der Waals surface area contributed by atoms with Gasteiger partial charge in [0.25, 0.3) is 0 Å². The maximum atomic E-state index is 11.2. The van der Waals surface area contributed by atoms with Crippen LogP contribution in [0.1, 0.15) is 63.5 Å². The molecule has 2 amide bonds. The largest absolute Gasteiger partial charge is 0.335 e. The van der Waals surface area contributed by atoms with Crippen LogP contribution in [0.2, 0.25) is 0 Å². The van der Waals surface area contributed by atoms with E-state index in [-0.39, 0.29) is 6.03 Å². The van der Waals surface area contributed by atoms with E-state index in [1.54, 1.807) is 30.5 Å². The molecule has 0 unspecified atom stereocenters. The fourth-order valence-electron chi connectivity index (χ4n) is 4.27. The zero-order valence-electron chi connectivity index (χ0n) is 18.2. The third-order valence-corrected chi connectivity index (χ3v) is 7.01. The predicted octanol–water partition coefficient (Wildman–Crippen LogP) is 5.09. The summed E-state index contributed by atoms with van der Waals surface area (Å²) < 4.78 is 6.03. The zero-order chi connectivity index (χ0) is 20.6. The highest BCUT2D eigenvalue weighted by molar-refractivity contribution is 7.13. The van der Waals surface area contributed by atoms with Crippen molar-refractivity contribution in [3.8, 4) is 0 Å². The van der Waals surface area contributed by atoms with Crippen molar-refractivity contribution in [2.24, 2.45) is 0 Å². The van der Waals surface area contributed by atoms with Gasteiger partial charge in [-0.25, -0.2) is 4.79 Å². The van der Waals surface area contributed by atoms with Gasteiger partial charge in [0.2, 0.25) is 0 Å². The van der Waals surface area contributed by atoms with Gasteiger partial charge in [-0.05, 0) is 62.9 Å². The molecule has 2 aliphatic rings. The topological polar surface area (TPSA) is 48.5 Å². The van der Waals surface area contributed by atoms with Gasteiger partial charge in [0.15, 0.2) is 0 Å². The van der Waals surface area contributed by atoms with Crippen LogP contribution in [0.3, 0.4) is 0 Å². The summed E-state index contributed by atoms with van der Waals surface area (Å²) in [5.74, 6) is 0.675. The van der Waals surface area contributed by atoms with Gasteiger partial charge in [0, 0.05) is 31.4 Å². The average Bonchev–Trinajstić information content (AvgIpc) is 3.19. The van der Waals surface area contributed by atoms with E-state index in [1.807, 2.05) is 0 Å². The highest BCUT2D eigenvalue weighted by Crippen LogP contribution is 2.34. The first-order valence-corrected chi connectivity index (χ1v) is 11.9. The van der Waals surface area contributed by atoms with E-state index in [0.29, 0.717) is 12.0 Å². The smallest absolute Gasteiger partial charge is 0.317 e. The summed E-state index contributed by atoms with van der Waals surface area (Å²) in [5.41, 5.74) is 1.35. The average molecular weight is 417 g/mol. The molecule has 4 rings (SSSR count). The lowest BCUT2D eigenvalue weighted by Crippen LogP contribution is -2.42. The van der Waals surface area contributed by atoms with Crippen LogP contribution in [0.25, 0.3) is 10.1 Å². The van der Waals surface area contributed by atoms with Gasteiger partial charge >= 0.3 is 6.03 Å². The van der Waals surface area contributed by atoms with E-state index in [0.717, 1.165) is 12.8 Å². The number of nitrogens with zero attached hydrogens (tertiary/aromatic N) is 3. The summed E-state index contributed by atoms with van der Waals surface area (Å²) >= 11 is 1.65. The molecule has 29 heavy (non-hydrogen) atoms. The summed E-state index contributed by atoms with van der Waals surface area (Å²) in [6.45, 7) is 5.89. The maximum absolute atomic E-state index is 11.2. The van der Waals surface area contributed by atoms with Gasteiger partial charge in [-0.1, -0.05) is 44.4 Å². The highest BCUT2D eigenvalue weighted by Gasteiger charge is 2.23. The van der Waals surface area contributed by atoms with Crippen molar-refractivity contribution >= 4 is 27.6 Å². The van der Waals surface area contributed by atoms with E-state index < -0.39 is 0 Å². The number of carbonyl (C=O) groups is 1. The Labute approximate surface area is 179 Å². The second-order valence-corrected chi connectivity index (χ2v) is 9.26. The van der Waals surface area contributed by atoms with Crippen molar-refractivity contribution in [2.45, 2.75) is 63.8 Å². The molecule has 1 aromatic carbocycles. The van der Waals surface area contributed by atoms with Crippen LogP contribution in [-0.4, -0.2) is 60.0 Å². The molecule has 2 aromatic rings. The molecule has 2 fully saturated rings. The summed E-state index contributed by atoms with van der Waals surface area (Å²) in [4.78, 5) is 15.4. The predicted molar refractivity (Wildman–Crippen MR) is 123 cm³/mol. The number of fused-ring (bicyclic) bond motifs is 1. The van der Waals surface area contributed by atoms with Crippen LogP contribution in [0, 0.1) is 0 Å². The Kier molecular flexibility index (Phi) is 8.30. The minimum atomic E-state index is 0.0434. The number of amides is 2. The Hall–Kier alpha value is -1.66. The highest BCUT2D eigenvalue weighted by atomic mass is 32.1. The van der Waals surface area contributed by atoms with Gasteiger partial charge in [-0.2, -0.15) is 4.37 Å². The van der Waals surface area contributed by atoms with Crippen molar-refractivity contribution < 1.29 is 4.79 Å². The molecule has 0 atom stereocenters. The molecule has 1 aliphatic heterocycles. The van der Waals surface area contributed by atoms with Crippen LogP contribution < -0.4 is 5.32 Å². The summed E-state index contributed by atoms with van der Waals surface area (Å²) in [5, 5.41) is 4.39. The van der Waals surface area contributed by atoms with Gasteiger partial charge in [0.1, 0.15) is 0 Å². The molecular weight excluding hydrogens is 380 g/mol. The minimum Gasteiger partial charge on any atom is -0.335 e. The number of hydrogen-bond donors (Lipinski definition) is 1. The SMILES string of the molecule is CCN1CCC(c2nsc3ccccc23)CC1.CN(C)C(=O)NC1CCCCC1. The molecule has 1 saturated carbocycles. The van der Waals surface area contributed by atoms with E-state index in [9.17, 15) is 4.79 Å². The molecular formula is C23H36N4OS. The van der Waals surface area contributed by atoms with Crippen molar-refractivity contribution in [1.29, 1.82) is 0 Å². The van der Waals surface area contributed by atoms with Gasteiger partial charge in [0.05, 0.1) is 10.4 Å². The second kappa shape index (κ2) is 10.9. The molecule has 160 valence electrons. The summed E-state index contributed by atoms with van der Waals surface area (Å²) in [7, 11) is 3.55. The van der Waals surface area contributed by atoms with Crippen molar-refractivity contribution in [2.75, 3.05) is 33.7 Å². The first-order valence-electron chi connectivity index (χ1n) is 11.1. The lowest BCUT2D eigenvalue weighted by atomic mass is 9.92. The maximum Gasteiger partial charge on any atom is 0.317 e. The zero-order valence-corrected chi connectivity index (χ0v) is 19.0. The number of carbonyl (C=O) groups excluding carboxylic acids is 1. The molecule has 6 heteroatoms. The molecule has 1 aliphatic carbocycles. The summed E-state index contributed by atoms with van der Waals surface area (Å²) in [6, 6.07) is 9.10. The third-order valence-electron chi connectivity index (χ3n) is 6.17. The van der Waals surface area contributed by atoms with Crippen LogP contribution in [0.5, 0.6) is 0 Å². The lowest BCUT2D eigenvalue weighted by molar-refractivity contribution is 0.209. The van der Waals surface area contributed by atoms with Crippen LogP contribution in [-0.2, 0) is 0 Å². The third kappa shape index (κ3) is 6.16. The Morgan fingerprint density at radius 2 is 1.83 bits per heavy atom. The number of benzene rings is 1. The van der Waals surface area contributed by atoms with E-state index >= 15 is 0 Å². The Balaban J connectivity index is 0.000000177. The van der Waals surface area contributed by atoms with Gasteiger partial charge in [-0.15, -0.1) is 0 Å². The fourth-order valence-corrected chi connectivity index (χ4v) is 5.13. The number of piperidine rings is 1. The number of aromatic nitrogens is 1. The van der Waals surface area contributed by atoms with Crippen LogP contribution in [0.4, 0.5) is 4.79 Å². The van der Waals surface area contributed by atoms with Crippen molar-refractivity contribution in [3.05, 3.63) is 30.0 Å². The first kappa shape index (κ1) is 22.0. The molecule has 1 N–H and O–H groups in total.